The van der Waals surface area contributed by atoms with Gasteiger partial charge in [-0.1, -0.05) is 41.9 Å². The van der Waals surface area contributed by atoms with Gasteiger partial charge in [0.25, 0.3) is 5.91 Å². The highest BCUT2D eigenvalue weighted by atomic mass is 35.5. The lowest BCUT2D eigenvalue weighted by molar-refractivity contribution is 0.0951. The van der Waals surface area contributed by atoms with Gasteiger partial charge in [0.1, 0.15) is 0 Å². The maximum Gasteiger partial charge on any atom is 0.251 e. The molecule has 0 aromatic heterocycles. The molecule has 0 aliphatic rings. The van der Waals surface area contributed by atoms with Crippen LogP contribution >= 0.6 is 11.6 Å². The summed E-state index contributed by atoms with van der Waals surface area (Å²) in [7, 11) is 0. The predicted molar refractivity (Wildman–Crippen MR) is 84.4 cm³/mol. The van der Waals surface area contributed by atoms with E-state index in [2.05, 4.69) is 5.32 Å². The molecule has 0 aliphatic heterocycles. The SMILES string of the molecule is CCOCc1ccc(CNC(=O)c2cccc(Cl)c2)cc1. The van der Waals surface area contributed by atoms with E-state index in [-0.39, 0.29) is 5.91 Å². The van der Waals surface area contributed by atoms with E-state index in [4.69, 9.17) is 16.3 Å². The molecule has 0 radical (unpaired) electrons. The van der Waals surface area contributed by atoms with Gasteiger partial charge in [0.15, 0.2) is 0 Å². The summed E-state index contributed by atoms with van der Waals surface area (Å²) in [5.41, 5.74) is 2.74. The Hall–Kier alpha value is -1.84. The van der Waals surface area contributed by atoms with E-state index >= 15 is 0 Å². The third-order valence-electron chi connectivity index (χ3n) is 3.04. The zero-order valence-corrected chi connectivity index (χ0v) is 12.7. The van der Waals surface area contributed by atoms with E-state index < -0.39 is 0 Å². The number of halogens is 1. The van der Waals surface area contributed by atoms with Crippen molar-refractivity contribution < 1.29 is 9.53 Å². The fraction of sp³-hybridized carbons (Fsp3) is 0.235. The van der Waals surface area contributed by atoms with Gasteiger partial charge in [0, 0.05) is 23.7 Å². The van der Waals surface area contributed by atoms with Crippen molar-refractivity contribution in [2.24, 2.45) is 0 Å². The van der Waals surface area contributed by atoms with Gasteiger partial charge < -0.3 is 10.1 Å². The Morgan fingerprint density at radius 2 is 1.86 bits per heavy atom. The van der Waals surface area contributed by atoms with E-state index in [0.29, 0.717) is 30.3 Å². The van der Waals surface area contributed by atoms with Gasteiger partial charge in [-0.05, 0) is 36.2 Å². The molecule has 2 aromatic rings. The first-order valence-electron chi connectivity index (χ1n) is 6.88. The fourth-order valence-electron chi connectivity index (χ4n) is 1.89. The molecule has 2 rings (SSSR count). The first-order valence-corrected chi connectivity index (χ1v) is 7.26. The normalized spacial score (nSPS) is 10.4. The van der Waals surface area contributed by atoms with Crippen molar-refractivity contribution >= 4 is 17.5 Å². The minimum absolute atomic E-state index is 0.129. The molecular formula is C17H18ClNO2. The summed E-state index contributed by atoms with van der Waals surface area (Å²) in [5.74, 6) is -0.129. The van der Waals surface area contributed by atoms with Crippen LogP contribution in [0.15, 0.2) is 48.5 Å². The average molecular weight is 304 g/mol. The molecular weight excluding hydrogens is 286 g/mol. The summed E-state index contributed by atoms with van der Waals surface area (Å²) in [6, 6.07) is 14.9. The number of carbonyl (C=O) groups is 1. The molecule has 1 amide bonds. The lowest BCUT2D eigenvalue weighted by atomic mass is 10.1. The number of amides is 1. The van der Waals surface area contributed by atoms with Crippen molar-refractivity contribution in [3.8, 4) is 0 Å². The lowest BCUT2D eigenvalue weighted by Gasteiger charge is -2.07. The highest BCUT2D eigenvalue weighted by Gasteiger charge is 2.05. The number of benzene rings is 2. The fourth-order valence-corrected chi connectivity index (χ4v) is 2.08. The molecule has 0 bridgehead atoms. The first-order chi connectivity index (χ1) is 10.2. The molecule has 0 atom stereocenters. The number of hydrogen-bond acceptors (Lipinski definition) is 2. The van der Waals surface area contributed by atoms with Crippen molar-refractivity contribution in [2.75, 3.05) is 6.61 Å². The number of ether oxygens (including phenoxy) is 1. The van der Waals surface area contributed by atoms with Gasteiger partial charge in [0.2, 0.25) is 0 Å². The van der Waals surface area contributed by atoms with E-state index in [9.17, 15) is 4.79 Å². The Bertz CT molecular complexity index is 596. The van der Waals surface area contributed by atoms with Crippen LogP contribution in [0, 0.1) is 0 Å². The van der Waals surface area contributed by atoms with Crippen LogP contribution < -0.4 is 5.32 Å². The van der Waals surface area contributed by atoms with Crippen molar-refractivity contribution in [1.29, 1.82) is 0 Å². The molecule has 0 spiro atoms. The molecule has 0 saturated carbocycles. The summed E-state index contributed by atoms with van der Waals surface area (Å²) in [4.78, 5) is 12.0. The van der Waals surface area contributed by atoms with Crippen molar-refractivity contribution in [3.05, 3.63) is 70.2 Å². The van der Waals surface area contributed by atoms with Crippen LogP contribution in [0.5, 0.6) is 0 Å². The average Bonchev–Trinajstić information content (AvgIpc) is 2.51. The van der Waals surface area contributed by atoms with Crippen LogP contribution in [-0.4, -0.2) is 12.5 Å². The smallest absolute Gasteiger partial charge is 0.251 e. The van der Waals surface area contributed by atoms with Crippen LogP contribution in [-0.2, 0) is 17.9 Å². The van der Waals surface area contributed by atoms with Gasteiger partial charge >= 0.3 is 0 Å². The van der Waals surface area contributed by atoms with E-state index in [1.807, 2.05) is 31.2 Å². The molecule has 3 nitrogen and oxygen atoms in total. The zero-order valence-electron chi connectivity index (χ0n) is 11.9. The number of nitrogens with one attached hydrogen (secondary N) is 1. The van der Waals surface area contributed by atoms with Crippen molar-refractivity contribution in [3.63, 3.8) is 0 Å². The Morgan fingerprint density at radius 3 is 2.52 bits per heavy atom. The predicted octanol–water partition coefficient (Wildman–Crippen LogP) is 3.81. The highest BCUT2D eigenvalue weighted by Crippen LogP contribution is 2.11. The zero-order chi connectivity index (χ0) is 15.1. The Kier molecular flexibility index (Phi) is 5.78. The maximum atomic E-state index is 12.0. The van der Waals surface area contributed by atoms with E-state index in [1.54, 1.807) is 24.3 Å². The summed E-state index contributed by atoms with van der Waals surface area (Å²) in [6.07, 6.45) is 0. The molecule has 0 fully saturated rings. The molecule has 0 saturated heterocycles. The van der Waals surface area contributed by atoms with Crippen LogP contribution in [0.25, 0.3) is 0 Å². The first kappa shape index (κ1) is 15.5. The van der Waals surface area contributed by atoms with Crippen LogP contribution in [0.3, 0.4) is 0 Å². The van der Waals surface area contributed by atoms with E-state index in [1.165, 1.54) is 0 Å². The van der Waals surface area contributed by atoms with Crippen LogP contribution in [0.2, 0.25) is 5.02 Å². The summed E-state index contributed by atoms with van der Waals surface area (Å²) >= 11 is 5.87. The largest absolute Gasteiger partial charge is 0.377 e. The number of rotatable bonds is 6. The van der Waals surface area contributed by atoms with Gasteiger partial charge in [0.05, 0.1) is 6.61 Å². The molecule has 2 aromatic carbocycles. The Morgan fingerprint density at radius 1 is 1.14 bits per heavy atom. The van der Waals surface area contributed by atoms with Crippen LogP contribution in [0.1, 0.15) is 28.4 Å². The molecule has 0 heterocycles. The van der Waals surface area contributed by atoms with Crippen LogP contribution in [0.4, 0.5) is 0 Å². The van der Waals surface area contributed by atoms with E-state index in [0.717, 1.165) is 11.1 Å². The van der Waals surface area contributed by atoms with Crippen molar-refractivity contribution in [2.45, 2.75) is 20.1 Å². The molecule has 110 valence electrons. The quantitative estimate of drug-likeness (QED) is 0.881. The molecule has 21 heavy (non-hydrogen) atoms. The molecule has 4 heteroatoms. The third-order valence-corrected chi connectivity index (χ3v) is 3.27. The molecule has 0 aliphatic carbocycles. The number of carbonyl (C=O) groups excluding carboxylic acids is 1. The minimum Gasteiger partial charge on any atom is -0.377 e. The second-order valence-electron chi connectivity index (χ2n) is 4.65. The van der Waals surface area contributed by atoms with Gasteiger partial charge in [-0.3, -0.25) is 4.79 Å². The second kappa shape index (κ2) is 7.81. The Balaban J connectivity index is 1.89. The highest BCUT2D eigenvalue weighted by molar-refractivity contribution is 6.30. The molecule has 0 unspecified atom stereocenters. The third kappa shape index (κ3) is 4.88. The lowest BCUT2D eigenvalue weighted by Crippen LogP contribution is -2.22. The molecule has 1 N–H and O–H groups in total. The summed E-state index contributed by atoms with van der Waals surface area (Å²) in [5, 5.41) is 3.43. The van der Waals surface area contributed by atoms with Crippen molar-refractivity contribution in [1.82, 2.24) is 5.32 Å². The minimum atomic E-state index is -0.129. The standard InChI is InChI=1S/C17H18ClNO2/c1-2-21-12-14-8-6-13(7-9-14)11-19-17(20)15-4-3-5-16(18)10-15/h3-10H,2,11-12H2,1H3,(H,19,20). The van der Waals surface area contributed by atoms with Gasteiger partial charge in [-0.25, -0.2) is 0 Å². The summed E-state index contributed by atoms with van der Waals surface area (Å²) in [6.45, 7) is 3.78. The second-order valence-corrected chi connectivity index (χ2v) is 5.08. The van der Waals surface area contributed by atoms with Gasteiger partial charge in [-0.2, -0.15) is 0 Å². The Labute approximate surface area is 129 Å². The number of hydrogen-bond donors (Lipinski definition) is 1. The van der Waals surface area contributed by atoms with Gasteiger partial charge in [-0.15, -0.1) is 0 Å². The monoisotopic (exact) mass is 303 g/mol. The summed E-state index contributed by atoms with van der Waals surface area (Å²) < 4.78 is 5.34. The maximum absolute atomic E-state index is 12.0. The topological polar surface area (TPSA) is 38.3 Å².